The van der Waals surface area contributed by atoms with E-state index in [2.05, 4.69) is 51.7 Å². The number of rotatable bonds is 1. The second kappa shape index (κ2) is 4.53. The third kappa shape index (κ3) is 2.42. The van der Waals surface area contributed by atoms with E-state index in [1.54, 1.807) is 0 Å². The van der Waals surface area contributed by atoms with Crippen LogP contribution in [0.3, 0.4) is 0 Å². The molecule has 0 amide bonds. The van der Waals surface area contributed by atoms with Crippen molar-refractivity contribution in [1.82, 2.24) is 15.0 Å². The highest BCUT2D eigenvalue weighted by atomic mass is 79.9. The summed E-state index contributed by atoms with van der Waals surface area (Å²) in [6.45, 7) is 2.09. The van der Waals surface area contributed by atoms with E-state index >= 15 is 0 Å². The summed E-state index contributed by atoms with van der Waals surface area (Å²) in [5.41, 5.74) is 0. The monoisotopic (exact) mass is 320 g/mol. The van der Waals surface area contributed by atoms with Crippen LogP contribution in [0, 0.1) is 0 Å². The number of aromatic nitrogens is 3. The first-order valence-corrected chi connectivity index (χ1v) is 6.16. The van der Waals surface area contributed by atoms with Crippen molar-refractivity contribution in [2.24, 2.45) is 0 Å². The van der Waals surface area contributed by atoms with Gasteiger partial charge in [0.25, 0.3) is 0 Å². The van der Waals surface area contributed by atoms with Gasteiger partial charge in [0.1, 0.15) is 0 Å². The van der Waals surface area contributed by atoms with E-state index in [-0.39, 0.29) is 0 Å². The lowest BCUT2D eigenvalue weighted by atomic mass is 10.1. The fraction of sp³-hybridized carbons (Fsp3) is 0.625. The largest absolute Gasteiger partial charge is 0.341 e. The molecule has 0 aromatic carbocycles. The minimum atomic E-state index is 0.583. The second-order valence-electron chi connectivity index (χ2n) is 3.22. The Labute approximate surface area is 99.4 Å². The second-order valence-corrected chi connectivity index (χ2v) is 4.64. The van der Waals surface area contributed by atoms with Crippen LogP contribution in [0.25, 0.3) is 0 Å². The molecule has 1 aromatic heterocycles. The third-order valence-corrected chi connectivity index (χ3v) is 2.92. The number of hydrogen-bond acceptors (Lipinski definition) is 4. The summed E-state index contributed by atoms with van der Waals surface area (Å²) in [6.07, 6.45) is 3.76. The van der Waals surface area contributed by atoms with Gasteiger partial charge in [-0.25, -0.2) is 0 Å². The van der Waals surface area contributed by atoms with Gasteiger partial charge in [-0.15, -0.1) is 0 Å². The highest BCUT2D eigenvalue weighted by Crippen LogP contribution is 2.18. The lowest BCUT2D eigenvalue weighted by molar-refractivity contribution is 0.566. The Bertz CT molecular complexity index is 305. The highest BCUT2D eigenvalue weighted by molar-refractivity contribution is 9.11. The average Bonchev–Trinajstić information content (AvgIpc) is 2.18. The molecule has 0 bridgehead atoms. The van der Waals surface area contributed by atoms with Gasteiger partial charge in [0.2, 0.25) is 15.4 Å². The van der Waals surface area contributed by atoms with Crippen molar-refractivity contribution < 1.29 is 0 Å². The Kier molecular flexibility index (Phi) is 3.33. The molecule has 0 spiro atoms. The van der Waals surface area contributed by atoms with Crippen LogP contribution in [0.15, 0.2) is 9.47 Å². The van der Waals surface area contributed by atoms with Gasteiger partial charge < -0.3 is 4.90 Å². The van der Waals surface area contributed by atoms with Crippen molar-refractivity contribution in [2.45, 2.75) is 19.3 Å². The lowest BCUT2D eigenvalue weighted by Gasteiger charge is -2.26. The first-order chi connectivity index (χ1) is 6.75. The van der Waals surface area contributed by atoms with Gasteiger partial charge in [0.15, 0.2) is 0 Å². The van der Waals surface area contributed by atoms with Crippen molar-refractivity contribution in [2.75, 3.05) is 18.0 Å². The normalized spacial score (nSPS) is 17.1. The van der Waals surface area contributed by atoms with E-state index in [0.29, 0.717) is 9.47 Å². The quantitative estimate of drug-likeness (QED) is 0.796. The molecule has 1 fully saturated rings. The Morgan fingerprint density at radius 3 is 2.00 bits per heavy atom. The number of piperidine rings is 1. The van der Waals surface area contributed by atoms with Crippen LogP contribution >= 0.6 is 31.9 Å². The molecule has 6 heteroatoms. The molecule has 1 saturated heterocycles. The van der Waals surface area contributed by atoms with Crippen molar-refractivity contribution in [3.05, 3.63) is 9.47 Å². The van der Waals surface area contributed by atoms with Crippen LogP contribution in [0.1, 0.15) is 19.3 Å². The summed E-state index contributed by atoms with van der Waals surface area (Å²) in [6, 6.07) is 0. The van der Waals surface area contributed by atoms with Crippen LogP contribution in [0.5, 0.6) is 0 Å². The Hall–Kier alpha value is -0.230. The fourth-order valence-corrected chi connectivity index (χ4v) is 2.44. The van der Waals surface area contributed by atoms with E-state index in [4.69, 9.17) is 0 Å². The van der Waals surface area contributed by atoms with Gasteiger partial charge in [0.05, 0.1) is 0 Å². The summed E-state index contributed by atoms with van der Waals surface area (Å²) >= 11 is 6.52. The average molecular weight is 322 g/mol. The number of nitrogens with zero attached hydrogens (tertiary/aromatic N) is 4. The summed E-state index contributed by atoms with van der Waals surface area (Å²) < 4.78 is 1.17. The molecular formula is C8H10Br2N4. The molecule has 0 saturated carbocycles. The number of anilines is 1. The smallest absolute Gasteiger partial charge is 0.230 e. The molecule has 0 aliphatic carbocycles. The van der Waals surface area contributed by atoms with Crippen molar-refractivity contribution in [3.63, 3.8) is 0 Å². The van der Waals surface area contributed by atoms with Crippen molar-refractivity contribution in [1.29, 1.82) is 0 Å². The van der Waals surface area contributed by atoms with Crippen molar-refractivity contribution >= 4 is 37.8 Å². The van der Waals surface area contributed by atoms with Crippen LogP contribution in [-0.4, -0.2) is 28.0 Å². The molecule has 1 aliphatic rings. The van der Waals surface area contributed by atoms with Gasteiger partial charge in [-0.1, -0.05) is 0 Å². The van der Waals surface area contributed by atoms with Gasteiger partial charge >= 0.3 is 0 Å². The highest BCUT2D eigenvalue weighted by Gasteiger charge is 2.14. The first kappa shape index (κ1) is 10.3. The standard InChI is InChI=1S/C8H10Br2N4/c9-6-11-7(10)13-8(12-6)14-4-2-1-3-5-14/h1-5H2. The van der Waals surface area contributed by atoms with E-state index in [0.717, 1.165) is 19.0 Å². The molecule has 2 rings (SSSR count). The number of hydrogen-bond donors (Lipinski definition) is 0. The first-order valence-electron chi connectivity index (χ1n) is 4.58. The van der Waals surface area contributed by atoms with Crippen LogP contribution in [0.2, 0.25) is 0 Å². The summed E-state index contributed by atoms with van der Waals surface area (Å²) in [4.78, 5) is 14.7. The van der Waals surface area contributed by atoms with E-state index < -0.39 is 0 Å². The summed E-state index contributed by atoms with van der Waals surface area (Å²) in [7, 11) is 0. The van der Waals surface area contributed by atoms with Crippen molar-refractivity contribution in [3.8, 4) is 0 Å². The molecule has 0 radical (unpaired) electrons. The predicted octanol–water partition coefficient (Wildman–Crippen LogP) is 2.39. The van der Waals surface area contributed by atoms with E-state index in [1.165, 1.54) is 19.3 Å². The van der Waals surface area contributed by atoms with E-state index in [9.17, 15) is 0 Å². The minimum absolute atomic E-state index is 0.583. The SMILES string of the molecule is Brc1nc(Br)nc(N2CCCCC2)n1. The Morgan fingerprint density at radius 2 is 1.43 bits per heavy atom. The predicted molar refractivity (Wildman–Crippen MR) is 61.3 cm³/mol. The topological polar surface area (TPSA) is 41.9 Å². The molecule has 1 aliphatic heterocycles. The maximum Gasteiger partial charge on any atom is 0.230 e. The summed E-state index contributed by atoms with van der Waals surface area (Å²) in [5, 5.41) is 0. The summed E-state index contributed by atoms with van der Waals surface area (Å²) in [5.74, 6) is 0.762. The zero-order valence-corrected chi connectivity index (χ0v) is 10.8. The molecular weight excluding hydrogens is 312 g/mol. The van der Waals surface area contributed by atoms with Crippen LogP contribution in [0.4, 0.5) is 5.95 Å². The number of halogens is 2. The molecule has 14 heavy (non-hydrogen) atoms. The van der Waals surface area contributed by atoms with Gasteiger partial charge in [0, 0.05) is 13.1 Å². The molecule has 0 unspecified atom stereocenters. The minimum Gasteiger partial charge on any atom is -0.341 e. The zero-order valence-electron chi connectivity index (χ0n) is 7.58. The molecule has 0 N–H and O–H groups in total. The lowest BCUT2D eigenvalue weighted by Crippen LogP contribution is -2.31. The third-order valence-electron chi connectivity index (χ3n) is 2.21. The Morgan fingerprint density at radius 1 is 0.857 bits per heavy atom. The molecule has 2 heterocycles. The van der Waals surface area contributed by atoms with Crippen LogP contribution in [-0.2, 0) is 0 Å². The van der Waals surface area contributed by atoms with Crippen LogP contribution < -0.4 is 4.90 Å². The molecule has 1 aromatic rings. The molecule has 76 valence electrons. The van der Waals surface area contributed by atoms with Gasteiger partial charge in [-0.2, -0.15) is 15.0 Å². The Balaban J connectivity index is 2.21. The maximum absolute atomic E-state index is 4.25. The molecule has 4 nitrogen and oxygen atoms in total. The van der Waals surface area contributed by atoms with Gasteiger partial charge in [-0.3, -0.25) is 0 Å². The van der Waals surface area contributed by atoms with E-state index in [1.807, 2.05) is 0 Å². The maximum atomic E-state index is 4.25. The molecule has 0 atom stereocenters. The fourth-order valence-electron chi connectivity index (χ4n) is 1.55. The van der Waals surface area contributed by atoms with Gasteiger partial charge in [-0.05, 0) is 51.1 Å². The zero-order chi connectivity index (χ0) is 9.97.